The van der Waals surface area contributed by atoms with Crippen molar-refractivity contribution in [2.75, 3.05) is 6.54 Å². The highest BCUT2D eigenvalue weighted by atomic mass is 35.5. The summed E-state index contributed by atoms with van der Waals surface area (Å²) in [6.45, 7) is 2.92. The Morgan fingerprint density at radius 1 is 1.27 bits per heavy atom. The molecule has 0 amide bonds. The molecule has 2 aliphatic heterocycles. The summed E-state index contributed by atoms with van der Waals surface area (Å²) in [6, 6.07) is 0. The van der Waals surface area contributed by atoms with E-state index in [1.807, 2.05) is 0 Å². The van der Waals surface area contributed by atoms with Crippen LogP contribution >= 0.6 is 12.4 Å². The maximum atomic E-state index is 5.87. The molecule has 2 bridgehead atoms. The number of hydrogen-bond acceptors (Lipinski definition) is 2. The van der Waals surface area contributed by atoms with Crippen molar-refractivity contribution in [2.24, 2.45) is 5.73 Å². The zero-order valence-corrected chi connectivity index (χ0v) is 7.75. The van der Waals surface area contributed by atoms with Gasteiger partial charge >= 0.3 is 0 Å². The molecule has 0 unspecified atom stereocenters. The first-order valence-corrected chi connectivity index (χ1v) is 4.08. The van der Waals surface area contributed by atoms with Gasteiger partial charge in [0.05, 0.1) is 11.2 Å². The summed E-state index contributed by atoms with van der Waals surface area (Å²) < 4.78 is 5.87. The molecule has 0 spiro atoms. The van der Waals surface area contributed by atoms with Gasteiger partial charge in [-0.05, 0) is 32.6 Å². The molecule has 3 heteroatoms. The molecular formula is C8H16ClNO. The van der Waals surface area contributed by atoms with Gasteiger partial charge in [-0.1, -0.05) is 0 Å². The van der Waals surface area contributed by atoms with Crippen molar-refractivity contribution in [2.45, 2.75) is 43.8 Å². The van der Waals surface area contributed by atoms with Crippen LogP contribution in [-0.2, 0) is 4.74 Å². The van der Waals surface area contributed by atoms with Gasteiger partial charge in [0.15, 0.2) is 0 Å². The molecule has 2 N–H and O–H groups in total. The SMILES string of the molecule is CC12CCC(CN)(CC1)O2.Cl. The number of hydrogen-bond donors (Lipinski definition) is 1. The van der Waals surface area contributed by atoms with Crippen LogP contribution in [-0.4, -0.2) is 17.7 Å². The van der Waals surface area contributed by atoms with Crippen LogP contribution in [0.15, 0.2) is 0 Å². The Labute approximate surface area is 73.9 Å². The van der Waals surface area contributed by atoms with Gasteiger partial charge in [-0.2, -0.15) is 0 Å². The first-order valence-electron chi connectivity index (χ1n) is 4.08. The minimum Gasteiger partial charge on any atom is -0.368 e. The lowest BCUT2D eigenvalue weighted by Crippen LogP contribution is -2.34. The summed E-state index contributed by atoms with van der Waals surface area (Å²) in [6.07, 6.45) is 4.79. The summed E-state index contributed by atoms with van der Waals surface area (Å²) in [5.41, 5.74) is 5.93. The predicted molar refractivity (Wildman–Crippen MR) is 47.0 cm³/mol. The minimum absolute atomic E-state index is 0. The molecule has 2 nitrogen and oxygen atoms in total. The van der Waals surface area contributed by atoms with E-state index in [9.17, 15) is 0 Å². The fourth-order valence-corrected chi connectivity index (χ4v) is 2.21. The first kappa shape index (κ1) is 9.30. The van der Waals surface area contributed by atoms with Crippen LogP contribution in [0.5, 0.6) is 0 Å². The highest BCUT2D eigenvalue weighted by Gasteiger charge is 2.51. The topological polar surface area (TPSA) is 35.2 Å². The van der Waals surface area contributed by atoms with E-state index >= 15 is 0 Å². The molecule has 0 aliphatic carbocycles. The largest absolute Gasteiger partial charge is 0.368 e. The standard InChI is InChI=1S/C8H15NO.ClH/c1-7-2-4-8(6-9,10-7)5-3-7;/h2-6,9H2,1H3;1H. The van der Waals surface area contributed by atoms with E-state index in [0.29, 0.717) is 6.54 Å². The Bertz CT molecular complexity index is 152. The molecule has 0 radical (unpaired) electrons. The van der Waals surface area contributed by atoms with Crippen LogP contribution in [0.4, 0.5) is 0 Å². The molecule has 2 saturated heterocycles. The Balaban J connectivity index is 0.000000605. The van der Waals surface area contributed by atoms with E-state index in [0.717, 1.165) is 0 Å². The second-order valence-corrected chi connectivity index (χ2v) is 3.94. The summed E-state index contributed by atoms with van der Waals surface area (Å²) >= 11 is 0. The van der Waals surface area contributed by atoms with E-state index in [1.54, 1.807) is 0 Å². The van der Waals surface area contributed by atoms with Gasteiger partial charge in [0.25, 0.3) is 0 Å². The van der Waals surface area contributed by atoms with E-state index in [4.69, 9.17) is 10.5 Å². The number of ether oxygens (including phenoxy) is 1. The van der Waals surface area contributed by atoms with E-state index in [1.165, 1.54) is 25.7 Å². The molecule has 0 aromatic rings. The Hall–Kier alpha value is 0.210. The Kier molecular flexibility index (Phi) is 2.21. The molecule has 2 fully saturated rings. The van der Waals surface area contributed by atoms with Crippen molar-refractivity contribution < 1.29 is 4.74 Å². The number of nitrogens with two attached hydrogens (primary N) is 1. The van der Waals surface area contributed by atoms with Crippen LogP contribution in [0.3, 0.4) is 0 Å². The highest BCUT2D eigenvalue weighted by molar-refractivity contribution is 5.85. The lowest BCUT2D eigenvalue weighted by atomic mass is 9.83. The Morgan fingerprint density at radius 2 is 1.82 bits per heavy atom. The monoisotopic (exact) mass is 177 g/mol. The van der Waals surface area contributed by atoms with Crippen LogP contribution in [0.25, 0.3) is 0 Å². The van der Waals surface area contributed by atoms with Crippen molar-refractivity contribution in [3.05, 3.63) is 0 Å². The van der Waals surface area contributed by atoms with Crippen molar-refractivity contribution in [1.29, 1.82) is 0 Å². The van der Waals surface area contributed by atoms with Crippen molar-refractivity contribution in [3.8, 4) is 0 Å². The number of fused-ring (bicyclic) bond motifs is 2. The van der Waals surface area contributed by atoms with Gasteiger partial charge in [-0.25, -0.2) is 0 Å². The number of halogens is 1. The fraction of sp³-hybridized carbons (Fsp3) is 1.00. The molecular weight excluding hydrogens is 162 g/mol. The van der Waals surface area contributed by atoms with Gasteiger partial charge in [0.2, 0.25) is 0 Å². The Morgan fingerprint density at radius 3 is 2.00 bits per heavy atom. The van der Waals surface area contributed by atoms with Gasteiger partial charge in [0, 0.05) is 6.54 Å². The summed E-state index contributed by atoms with van der Waals surface area (Å²) in [7, 11) is 0. The van der Waals surface area contributed by atoms with E-state index in [-0.39, 0.29) is 23.6 Å². The lowest BCUT2D eigenvalue weighted by Gasteiger charge is -2.21. The molecule has 66 valence electrons. The number of rotatable bonds is 1. The third-order valence-electron chi connectivity index (χ3n) is 3.05. The van der Waals surface area contributed by atoms with Gasteiger partial charge < -0.3 is 10.5 Å². The van der Waals surface area contributed by atoms with Crippen molar-refractivity contribution >= 4 is 12.4 Å². The third-order valence-corrected chi connectivity index (χ3v) is 3.05. The van der Waals surface area contributed by atoms with Gasteiger partial charge in [0.1, 0.15) is 0 Å². The summed E-state index contributed by atoms with van der Waals surface area (Å²) in [4.78, 5) is 0. The van der Waals surface area contributed by atoms with Crippen LogP contribution in [0.2, 0.25) is 0 Å². The van der Waals surface area contributed by atoms with Gasteiger partial charge in [-0.15, -0.1) is 12.4 Å². The smallest absolute Gasteiger partial charge is 0.0813 e. The fourth-order valence-electron chi connectivity index (χ4n) is 2.21. The molecule has 2 aliphatic rings. The van der Waals surface area contributed by atoms with Crippen molar-refractivity contribution in [3.63, 3.8) is 0 Å². The van der Waals surface area contributed by atoms with Crippen molar-refractivity contribution in [1.82, 2.24) is 0 Å². The minimum atomic E-state index is 0. The summed E-state index contributed by atoms with van der Waals surface area (Å²) in [5.74, 6) is 0. The maximum Gasteiger partial charge on any atom is 0.0813 e. The molecule has 0 aromatic heterocycles. The zero-order valence-electron chi connectivity index (χ0n) is 6.93. The molecule has 2 heterocycles. The molecule has 0 atom stereocenters. The predicted octanol–water partition coefficient (Wildman–Crippen LogP) is 1.47. The zero-order chi connectivity index (χ0) is 7.24. The first-order chi connectivity index (χ1) is 4.68. The normalized spacial score (nSPS) is 47.5. The second kappa shape index (κ2) is 2.61. The second-order valence-electron chi connectivity index (χ2n) is 3.94. The third kappa shape index (κ3) is 1.28. The van der Waals surface area contributed by atoms with Crippen LogP contribution in [0, 0.1) is 0 Å². The highest BCUT2D eigenvalue weighted by Crippen LogP contribution is 2.49. The summed E-state index contributed by atoms with van der Waals surface area (Å²) in [5, 5.41) is 0. The van der Waals surface area contributed by atoms with Crippen LogP contribution in [0.1, 0.15) is 32.6 Å². The van der Waals surface area contributed by atoms with E-state index < -0.39 is 0 Å². The van der Waals surface area contributed by atoms with Crippen LogP contribution < -0.4 is 5.73 Å². The maximum absolute atomic E-state index is 5.87. The molecule has 2 rings (SSSR count). The molecule has 11 heavy (non-hydrogen) atoms. The molecule has 0 saturated carbocycles. The quantitative estimate of drug-likeness (QED) is 0.659. The van der Waals surface area contributed by atoms with Gasteiger partial charge in [-0.3, -0.25) is 0 Å². The van der Waals surface area contributed by atoms with E-state index in [2.05, 4.69) is 6.92 Å². The lowest BCUT2D eigenvalue weighted by molar-refractivity contribution is -0.0320. The average molecular weight is 178 g/mol. The molecule has 0 aromatic carbocycles. The average Bonchev–Trinajstić information content (AvgIpc) is 2.42.